The molecule has 0 aliphatic rings. The number of nitriles is 2. The minimum Gasteiger partial charge on any atom is -0.192 e. The average molecular weight is 585 g/mol. The van der Waals surface area contributed by atoms with Gasteiger partial charge in [-0.05, 0) is 68.8 Å². The Kier molecular flexibility index (Phi) is 7.77. The van der Waals surface area contributed by atoms with Gasteiger partial charge in [-0.3, -0.25) is 0 Å². The van der Waals surface area contributed by atoms with E-state index in [1.165, 1.54) is 0 Å². The Labute approximate surface area is 269 Å². The molecule has 0 N–H and O–H groups in total. The number of nitrogens with zero attached hydrogens (tertiary/aromatic N) is 2. The SMILES string of the molecule is N#Cc1c(-c2ccccc2)cccc1-c1cccc(-c2cccc(-c3cc(-c4ccccc4)c(C#N)c(-c4ccccc4)c3)c2)c1. The molecule has 0 spiro atoms. The molecule has 2 heteroatoms. The summed E-state index contributed by atoms with van der Waals surface area (Å²) in [6.45, 7) is 0. The molecule has 0 heterocycles. The summed E-state index contributed by atoms with van der Waals surface area (Å²) in [6.07, 6.45) is 0. The minimum atomic E-state index is 0.663. The lowest BCUT2D eigenvalue weighted by Gasteiger charge is -2.15. The zero-order valence-corrected chi connectivity index (χ0v) is 25.1. The Morgan fingerprint density at radius 3 is 1.07 bits per heavy atom. The highest BCUT2D eigenvalue weighted by Crippen LogP contribution is 2.39. The van der Waals surface area contributed by atoms with Gasteiger partial charge >= 0.3 is 0 Å². The molecule has 214 valence electrons. The maximum Gasteiger partial charge on any atom is 0.100 e. The van der Waals surface area contributed by atoms with Crippen LogP contribution >= 0.6 is 0 Å². The lowest BCUT2D eigenvalue weighted by molar-refractivity contribution is 1.46. The van der Waals surface area contributed by atoms with Gasteiger partial charge in [-0.1, -0.05) is 146 Å². The van der Waals surface area contributed by atoms with Crippen LogP contribution in [0.4, 0.5) is 0 Å². The maximum atomic E-state index is 10.3. The average Bonchev–Trinajstić information content (AvgIpc) is 3.15. The Morgan fingerprint density at radius 1 is 0.261 bits per heavy atom. The molecule has 46 heavy (non-hydrogen) atoms. The van der Waals surface area contributed by atoms with Crippen molar-refractivity contribution in [1.82, 2.24) is 0 Å². The molecule has 7 aromatic carbocycles. The van der Waals surface area contributed by atoms with Gasteiger partial charge in [0.1, 0.15) is 12.1 Å². The highest BCUT2D eigenvalue weighted by atomic mass is 14.3. The van der Waals surface area contributed by atoms with Gasteiger partial charge in [-0.2, -0.15) is 10.5 Å². The molecule has 7 aromatic rings. The van der Waals surface area contributed by atoms with E-state index in [4.69, 9.17) is 0 Å². The highest BCUT2D eigenvalue weighted by molar-refractivity contribution is 5.89. The topological polar surface area (TPSA) is 47.6 Å². The van der Waals surface area contributed by atoms with E-state index in [1.807, 2.05) is 84.9 Å². The van der Waals surface area contributed by atoms with Gasteiger partial charge in [0, 0.05) is 22.3 Å². The fourth-order valence-electron chi connectivity index (χ4n) is 6.14. The smallest absolute Gasteiger partial charge is 0.100 e. The number of hydrogen-bond donors (Lipinski definition) is 0. The first-order valence-corrected chi connectivity index (χ1v) is 15.2. The van der Waals surface area contributed by atoms with Crippen LogP contribution in [0.1, 0.15) is 11.1 Å². The van der Waals surface area contributed by atoms with E-state index >= 15 is 0 Å². The van der Waals surface area contributed by atoms with Crippen LogP contribution in [0.15, 0.2) is 170 Å². The van der Waals surface area contributed by atoms with Crippen molar-refractivity contribution in [3.05, 3.63) is 181 Å². The van der Waals surface area contributed by atoms with Crippen LogP contribution in [0.2, 0.25) is 0 Å². The van der Waals surface area contributed by atoms with Gasteiger partial charge in [-0.25, -0.2) is 0 Å². The van der Waals surface area contributed by atoms with Crippen LogP contribution in [0.3, 0.4) is 0 Å². The Morgan fingerprint density at radius 2 is 0.587 bits per heavy atom. The molecule has 0 unspecified atom stereocenters. The quantitative estimate of drug-likeness (QED) is 0.195. The molecule has 0 amide bonds. The second kappa shape index (κ2) is 12.6. The maximum absolute atomic E-state index is 10.3. The van der Waals surface area contributed by atoms with Crippen molar-refractivity contribution in [2.24, 2.45) is 0 Å². The van der Waals surface area contributed by atoms with Gasteiger partial charge in [0.05, 0.1) is 11.1 Å². The van der Waals surface area contributed by atoms with E-state index in [2.05, 4.69) is 97.1 Å². The van der Waals surface area contributed by atoms with Crippen molar-refractivity contribution >= 4 is 0 Å². The number of hydrogen-bond acceptors (Lipinski definition) is 2. The zero-order valence-electron chi connectivity index (χ0n) is 25.1. The minimum absolute atomic E-state index is 0.663. The Hall–Kier alpha value is -6.48. The predicted octanol–water partition coefficient (Wildman–Crippen LogP) is 11.4. The van der Waals surface area contributed by atoms with E-state index in [-0.39, 0.29) is 0 Å². The summed E-state index contributed by atoms with van der Waals surface area (Å²) in [5.41, 5.74) is 13.3. The lowest BCUT2D eigenvalue weighted by Crippen LogP contribution is -1.93. The summed E-state index contributed by atoms with van der Waals surface area (Å²) >= 11 is 0. The van der Waals surface area contributed by atoms with E-state index in [1.54, 1.807) is 0 Å². The second-order valence-corrected chi connectivity index (χ2v) is 11.2. The van der Waals surface area contributed by atoms with Gasteiger partial charge in [-0.15, -0.1) is 0 Å². The predicted molar refractivity (Wildman–Crippen MR) is 188 cm³/mol. The lowest BCUT2D eigenvalue weighted by atomic mass is 9.87. The molecule has 0 saturated heterocycles. The van der Waals surface area contributed by atoms with Crippen LogP contribution in [0, 0.1) is 22.7 Å². The van der Waals surface area contributed by atoms with Crippen molar-refractivity contribution in [1.29, 1.82) is 10.5 Å². The fourth-order valence-corrected chi connectivity index (χ4v) is 6.14. The molecule has 2 nitrogen and oxygen atoms in total. The third-order valence-corrected chi connectivity index (χ3v) is 8.38. The van der Waals surface area contributed by atoms with Gasteiger partial charge in [0.25, 0.3) is 0 Å². The Bertz CT molecular complexity index is 2190. The summed E-state index contributed by atoms with van der Waals surface area (Å²) in [5, 5.41) is 20.6. The first-order chi connectivity index (χ1) is 22.7. The first-order valence-electron chi connectivity index (χ1n) is 15.2. The summed E-state index contributed by atoms with van der Waals surface area (Å²) < 4.78 is 0. The normalized spacial score (nSPS) is 10.6. The van der Waals surface area contributed by atoms with Crippen molar-refractivity contribution in [2.45, 2.75) is 0 Å². The third kappa shape index (κ3) is 5.48. The van der Waals surface area contributed by atoms with Crippen LogP contribution in [-0.4, -0.2) is 0 Å². The van der Waals surface area contributed by atoms with Crippen LogP contribution in [0.5, 0.6) is 0 Å². The van der Waals surface area contributed by atoms with Gasteiger partial charge in [0.15, 0.2) is 0 Å². The molecular formula is C44H28N2. The van der Waals surface area contributed by atoms with Crippen molar-refractivity contribution in [3.8, 4) is 78.9 Å². The van der Waals surface area contributed by atoms with Crippen LogP contribution in [-0.2, 0) is 0 Å². The van der Waals surface area contributed by atoms with E-state index in [0.717, 1.165) is 66.8 Å². The summed E-state index contributed by atoms with van der Waals surface area (Å²) in [4.78, 5) is 0. The van der Waals surface area contributed by atoms with E-state index in [0.29, 0.717) is 11.1 Å². The van der Waals surface area contributed by atoms with E-state index in [9.17, 15) is 10.5 Å². The molecule has 0 atom stereocenters. The fraction of sp³-hybridized carbons (Fsp3) is 0. The third-order valence-electron chi connectivity index (χ3n) is 8.38. The molecule has 0 radical (unpaired) electrons. The molecule has 0 fully saturated rings. The van der Waals surface area contributed by atoms with Crippen LogP contribution in [0.25, 0.3) is 66.8 Å². The second-order valence-electron chi connectivity index (χ2n) is 11.2. The molecule has 0 aromatic heterocycles. The molecule has 0 aliphatic heterocycles. The number of benzene rings is 7. The molecule has 0 saturated carbocycles. The summed E-state index contributed by atoms with van der Waals surface area (Å²) in [6, 6.07) is 62.5. The van der Waals surface area contributed by atoms with Gasteiger partial charge < -0.3 is 0 Å². The standard InChI is InChI=1S/C44H28N2/c45-29-43-39(31-13-4-1-5-14-31)23-12-24-40(43)37-22-11-20-35(26-37)34-19-10-21-36(25-34)38-27-41(32-15-6-2-7-16-32)44(30-46)42(28-38)33-17-8-3-9-18-33/h1-28H. The largest absolute Gasteiger partial charge is 0.192 e. The molecule has 0 aliphatic carbocycles. The van der Waals surface area contributed by atoms with E-state index < -0.39 is 0 Å². The number of rotatable bonds is 6. The van der Waals surface area contributed by atoms with Crippen molar-refractivity contribution in [3.63, 3.8) is 0 Å². The first kappa shape index (κ1) is 28.3. The highest BCUT2D eigenvalue weighted by Gasteiger charge is 2.16. The zero-order chi connectivity index (χ0) is 31.3. The van der Waals surface area contributed by atoms with Gasteiger partial charge in [0.2, 0.25) is 0 Å². The molecular weight excluding hydrogens is 556 g/mol. The van der Waals surface area contributed by atoms with Crippen molar-refractivity contribution < 1.29 is 0 Å². The molecule has 7 rings (SSSR count). The molecule has 0 bridgehead atoms. The summed E-state index contributed by atoms with van der Waals surface area (Å²) in [5.74, 6) is 0. The van der Waals surface area contributed by atoms with Crippen LogP contribution < -0.4 is 0 Å². The summed E-state index contributed by atoms with van der Waals surface area (Å²) in [7, 11) is 0. The van der Waals surface area contributed by atoms with Crippen molar-refractivity contribution in [2.75, 3.05) is 0 Å². The Balaban J connectivity index is 1.34. The monoisotopic (exact) mass is 584 g/mol.